The molecule has 8 heteroatoms. The average Bonchev–Trinajstić information content (AvgIpc) is 2.40. The Kier molecular flexibility index (Phi) is 4.04. The van der Waals surface area contributed by atoms with Crippen molar-refractivity contribution in [2.45, 2.75) is 6.18 Å². The van der Waals surface area contributed by atoms with Crippen molar-refractivity contribution in [2.24, 2.45) is 0 Å². The first-order chi connectivity index (χ1) is 9.77. The van der Waals surface area contributed by atoms with Gasteiger partial charge in [0.05, 0.1) is 21.8 Å². The molecule has 0 amide bonds. The molecule has 2 aromatic rings. The van der Waals surface area contributed by atoms with E-state index in [0.717, 1.165) is 18.2 Å². The summed E-state index contributed by atoms with van der Waals surface area (Å²) in [4.78, 5) is 14.7. The maximum absolute atomic E-state index is 12.6. The second kappa shape index (κ2) is 5.61. The Morgan fingerprint density at radius 2 is 1.95 bits per heavy atom. The Morgan fingerprint density at radius 3 is 2.57 bits per heavy atom. The highest BCUT2D eigenvalue weighted by molar-refractivity contribution is 6.33. The minimum atomic E-state index is -4.50. The van der Waals surface area contributed by atoms with Gasteiger partial charge in [0.2, 0.25) is 0 Å². The number of nitrogens with one attached hydrogen (secondary N) is 1. The van der Waals surface area contributed by atoms with Gasteiger partial charge in [0.1, 0.15) is 5.82 Å². The Labute approximate surface area is 122 Å². The van der Waals surface area contributed by atoms with Gasteiger partial charge < -0.3 is 10.4 Å². The Bertz CT molecular complexity index is 689. The number of nitrogens with zero attached hydrogens (tertiary/aromatic N) is 1. The molecule has 0 fully saturated rings. The summed E-state index contributed by atoms with van der Waals surface area (Å²) in [5.74, 6) is -1.09. The van der Waals surface area contributed by atoms with Crippen LogP contribution in [0.4, 0.5) is 24.7 Å². The van der Waals surface area contributed by atoms with E-state index in [1.54, 1.807) is 0 Å². The van der Waals surface area contributed by atoms with E-state index in [-0.39, 0.29) is 22.1 Å². The number of hydrogen-bond acceptors (Lipinski definition) is 3. The normalized spacial score (nSPS) is 11.2. The number of carboxylic acids is 1. The minimum absolute atomic E-state index is 0.0125. The molecule has 0 aliphatic heterocycles. The van der Waals surface area contributed by atoms with E-state index in [1.807, 2.05) is 0 Å². The summed E-state index contributed by atoms with van der Waals surface area (Å²) < 4.78 is 37.9. The molecule has 110 valence electrons. The maximum atomic E-state index is 12.6. The molecule has 1 aromatic carbocycles. The first kappa shape index (κ1) is 15.1. The van der Waals surface area contributed by atoms with Crippen molar-refractivity contribution in [1.29, 1.82) is 0 Å². The summed E-state index contributed by atoms with van der Waals surface area (Å²) in [6, 6.07) is 5.25. The van der Waals surface area contributed by atoms with Gasteiger partial charge in [-0.15, -0.1) is 0 Å². The fourth-order valence-electron chi connectivity index (χ4n) is 1.57. The maximum Gasteiger partial charge on any atom is 0.416 e. The van der Waals surface area contributed by atoms with Gasteiger partial charge in [0, 0.05) is 6.20 Å². The van der Waals surface area contributed by atoms with E-state index in [9.17, 15) is 18.0 Å². The van der Waals surface area contributed by atoms with Gasteiger partial charge in [0.15, 0.2) is 0 Å². The van der Waals surface area contributed by atoms with E-state index >= 15 is 0 Å². The molecule has 0 saturated heterocycles. The van der Waals surface area contributed by atoms with Crippen LogP contribution in [0.1, 0.15) is 15.9 Å². The highest BCUT2D eigenvalue weighted by Gasteiger charge is 2.31. The molecule has 1 heterocycles. The molecule has 0 radical (unpaired) electrons. The van der Waals surface area contributed by atoms with Crippen molar-refractivity contribution in [3.05, 3.63) is 52.7 Å². The monoisotopic (exact) mass is 316 g/mol. The van der Waals surface area contributed by atoms with Crippen LogP contribution in [0.2, 0.25) is 5.02 Å². The molecule has 0 unspecified atom stereocenters. The molecule has 0 spiro atoms. The van der Waals surface area contributed by atoms with Gasteiger partial charge in [0.25, 0.3) is 0 Å². The molecule has 0 aliphatic rings. The zero-order valence-corrected chi connectivity index (χ0v) is 11.0. The van der Waals surface area contributed by atoms with Gasteiger partial charge in [-0.1, -0.05) is 11.6 Å². The molecule has 0 bridgehead atoms. The number of anilines is 2. The number of carbonyl (C=O) groups is 1. The van der Waals surface area contributed by atoms with E-state index < -0.39 is 17.7 Å². The number of benzene rings is 1. The first-order valence-corrected chi connectivity index (χ1v) is 5.98. The Balaban J connectivity index is 2.35. The molecule has 21 heavy (non-hydrogen) atoms. The molecule has 0 atom stereocenters. The number of halogens is 4. The van der Waals surface area contributed by atoms with Gasteiger partial charge in [-0.05, 0) is 30.3 Å². The largest absolute Gasteiger partial charge is 0.478 e. The highest BCUT2D eigenvalue weighted by Crippen LogP contribution is 2.34. The fourth-order valence-corrected chi connectivity index (χ4v) is 1.73. The molecule has 0 saturated carbocycles. The molecule has 0 aliphatic carbocycles. The smallest absolute Gasteiger partial charge is 0.416 e. The molecular weight excluding hydrogens is 309 g/mol. The van der Waals surface area contributed by atoms with E-state index in [1.165, 1.54) is 18.3 Å². The number of pyridine rings is 1. The second-order valence-electron chi connectivity index (χ2n) is 4.05. The van der Waals surface area contributed by atoms with Crippen molar-refractivity contribution in [1.82, 2.24) is 4.98 Å². The third kappa shape index (κ3) is 3.63. The number of hydrogen-bond donors (Lipinski definition) is 2. The summed E-state index contributed by atoms with van der Waals surface area (Å²) >= 11 is 5.82. The fraction of sp³-hybridized carbons (Fsp3) is 0.0769. The third-order valence-corrected chi connectivity index (χ3v) is 2.89. The molecule has 4 nitrogen and oxygen atoms in total. The van der Waals surface area contributed by atoms with Crippen molar-refractivity contribution in [3.8, 4) is 0 Å². The van der Waals surface area contributed by atoms with Crippen LogP contribution in [-0.2, 0) is 6.18 Å². The van der Waals surface area contributed by atoms with Crippen molar-refractivity contribution >= 4 is 29.1 Å². The number of aromatic nitrogens is 1. The lowest BCUT2D eigenvalue weighted by Gasteiger charge is -2.12. The van der Waals surface area contributed by atoms with E-state index in [2.05, 4.69) is 10.3 Å². The van der Waals surface area contributed by atoms with Crippen LogP contribution in [0.5, 0.6) is 0 Å². The van der Waals surface area contributed by atoms with Crippen LogP contribution in [0.15, 0.2) is 36.5 Å². The quantitative estimate of drug-likeness (QED) is 0.891. The van der Waals surface area contributed by atoms with Crippen LogP contribution in [-0.4, -0.2) is 16.1 Å². The Hall–Kier alpha value is -2.28. The molecule has 2 N–H and O–H groups in total. The van der Waals surface area contributed by atoms with Gasteiger partial charge in [-0.2, -0.15) is 13.2 Å². The number of rotatable bonds is 3. The zero-order valence-electron chi connectivity index (χ0n) is 10.3. The number of carboxylic acid groups (broad SMARTS) is 1. The van der Waals surface area contributed by atoms with Crippen molar-refractivity contribution in [2.75, 3.05) is 5.32 Å². The SMILES string of the molecule is O=C(O)c1ccnc(Nc2cc(C(F)(F)F)ccc2Cl)c1. The van der Waals surface area contributed by atoms with Crippen LogP contribution in [0.25, 0.3) is 0 Å². The lowest BCUT2D eigenvalue weighted by Crippen LogP contribution is -2.06. The van der Waals surface area contributed by atoms with Crippen LogP contribution >= 0.6 is 11.6 Å². The van der Waals surface area contributed by atoms with E-state index in [0.29, 0.717) is 0 Å². The van der Waals surface area contributed by atoms with Gasteiger partial charge in [-0.25, -0.2) is 9.78 Å². The third-order valence-electron chi connectivity index (χ3n) is 2.56. The Morgan fingerprint density at radius 1 is 1.24 bits per heavy atom. The molecule has 1 aromatic heterocycles. The zero-order chi connectivity index (χ0) is 15.6. The average molecular weight is 317 g/mol. The van der Waals surface area contributed by atoms with Crippen molar-refractivity contribution < 1.29 is 23.1 Å². The van der Waals surface area contributed by atoms with E-state index in [4.69, 9.17) is 16.7 Å². The topological polar surface area (TPSA) is 62.2 Å². The predicted octanol–water partition coefficient (Wildman–Crippen LogP) is 4.20. The van der Waals surface area contributed by atoms with Crippen LogP contribution < -0.4 is 5.32 Å². The standard InChI is InChI=1S/C13H8ClF3N2O2/c14-9-2-1-8(13(15,16)17)6-10(9)19-11-5-7(12(20)21)3-4-18-11/h1-6H,(H,18,19)(H,20,21). The summed E-state index contributed by atoms with van der Waals surface area (Å²) in [5.41, 5.74) is -0.930. The molecular formula is C13H8ClF3N2O2. The van der Waals surface area contributed by atoms with Crippen molar-refractivity contribution in [3.63, 3.8) is 0 Å². The summed E-state index contributed by atoms with van der Waals surface area (Å²) in [6.45, 7) is 0. The number of aromatic carboxylic acids is 1. The first-order valence-electron chi connectivity index (χ1n) is 5.60. The lowest BCUT2D eigenvalue weighted by atomic mass is 10.2. The van der Waals surface area contributed by atoms with Crippen LogP contribution in [0, 0.1) is 0 Å². The lowest BCUT2D eigenvalue weighted by molar-refractivity contribution is -0.137. The number of alkyl halides is 3. The minimum Gasteiger partial charge on any atom is -0.478 e. The van der Waals surface area contributed by atoms with Gasteiger partial charge in [-0.3, -0.25) is 0 Å². The summed E-state index contributed by atoms with van der Waals surface area (Å²) in [7, 11) is 0. The predicted molar refractivity (Wildman–Crippen MR) is 70.9 cm³/mol. The second-order valence-corrected chi connectivity index (χ2v) is 4.46. The highest BCUT2D eigenvalue weighted by atomic mass is 35.5. The van der Waals surface area contributed by atoms with Gasteiger partial charge >= 0.3 is 12.1 Å². The van der Waals surface area contributed by atoms with Crippen LogP contribution in [0.3, 0.4) is 0 Å². The summed E-state index contributed by atoms with van der Waals surface area (Å²) in [6.07, 6.45) is -3.27. The molecule has 2 rings (SSSR count). The summed E-state index contributed by atoms with van der Waals surface area (Å²) in [5, 5.41) is 11.5.